The zero-order chi connectivity index (χ0) is 38.2. The molecule has 1 unspecified atom stereocenters. The number of unbranched alkanes of at least 4 members (excludes halogenated alkanes) is 1. The van der Waals surface area contributed by atoms with Crippen LogP contribution in [0.3, 0.4) is 0 Å². The smallest absolute Gasteiger partial charge is 0.305 e. The van der Waals surface area contributed by atoms with Crippen molar-refractivity contribution >= 4 is 43.2 Å². The van der Waals surface area contributed by atoms with E-state index in [0.717, 1.165) is 16.8 Å². The largest absolute Gasteiger partial charge is 0.469 e. The molecule has 0 bridgehead atoms. The molecule has 1 fully saturated rings. The number of aliphatic hydroxyl groups is 1. The molecule has 13 heteroatoms. The number of benzene rings is 3. The minimum atomic E-state index is -2.96. The molecule has 1 aromatic heterocycles. The van der Waals surface area contributed by atoms with Gasteiger partial charge in [-0.25, -0.2) is 0 Å². The number of amides is 2. The number of carbonyl (C=O) groups excluding carboxylic acids is 3. The number of aromatic nitrogens is 3. The zero-order valence-electron chi connectivity index (χ0n) is 31.4. The topological polar surface area (TPSA) is 147 Å². The molecule has 3 aliphatic heterocycles. The second kappa shape index (κ2) is 15.2. The highest BCUT2D eigenvalue weighted by Crippen LogP contribution is 2.60. The summed E-state index contributed by atoms with van der Waals surface area (Å²) < 4.78 is 13.7. The average Bonchev–Trinajstić information content (AvgIpc) is 3.82. The number of anilines is 3. The number of rotatable bonds is 13. The Morgan fingerprint density at radius 1 is 1.02 bits per heavy atom. The molecule has 3 aromatic carbocycles. The molecule has 12 nitrogen and oxygen atoms in total. The van der Waals surface area contributed by atoms with Gasteiger partial charge >= 0.3 is 5.97 Å². The van der Waals surface area contributed by atoms with Crippen molar-refractivity contribution in [3.05, 3.63) is 101 Å². The third-order valence-corrected chi connectivity index (χ3v) is 14.0. The van der Waals surface area contributed by atoms with Crippen LogP contribution in [0, 0.1) is 5.92 Å². The van der Waals surface area contributed by atoms with E-state index in [9.17, 15) is 24.3 Å². The molecule has 2 N–H and O–H groups in total. The summed E-state index contributed by atoms with van der Waals surface area (Å²) in [6.45, 7) is 6.48. The number of esters is 1. The molecule has 0 radical (unpaired) electrons. The van der Waals surface area contributed by atoms with Crippen molar-refractivity contribution in [3.8, 4) is 0 Å². The predicted molar refractivity (Wildman–Crippen MR) is 206 cm³/mol. The minimum Gasteiger partial charge on any atom is -0.469 e. The number of para-hydroxylation sites is 1. The van der Waals surface area contributed by atoms with Crippen LogP contribution in [0.1, 0.15) is 67.3 Å². The fourth-order valence-electron chi connectivity index (χ4n) is 8.95. The summed E-state index contributed by atoms with van der Waals surface area (Å²) in [5.41, 5.74) is 3.84. The van der Waals surface area contributed by atoms with Crippen LogP contribution in [-0.2, 0) is 42.4 Å². The SMILES string of the molecule is COC(=O)CCCCN1C(=O)[C@]2(O[C@H](CCn3cc(C(CO)c4ccccc4)nn3)[C@@H]([Si](C)(C)O)[C@@H]2C)c2cc(N3C(=O)CCc4ccccc43)ccc21. The number of aliphatic hydroxyl groups excluding tert-OH is 1. The van der Waals surface area contributed by atoms with Gasteiger partial charge in [0, 0.05) is 54.8 Å². The molecule has 284 valence electrons. The van der Waals surface area contributed by atoms with Crippen LogP contribution >= 0.6 is 0 Å². The minimum absolute atomic E-state index is 0.0189. The van der Waals surface area contributed by atoms with Gasteiger partial charge < -0.3 is 24.3 Å². The van der Waals surface area contributed by atoms with E-state index in [-0.39, 0.29) is 42.3 Å². The van der Waals surface area contributed by atoms with Crippen LogP contribution in [0.2, 0.25) is 18.6 Å². The van der Waals surface area contributed by atoms with Gasteiger partial charge in [0.25, 0.3) is 5.91 Å². The Morgan fingerprint density at radius 2 is 1.78 bits per heavy atom. The molecule has 3 aliphatic rings. The maximum atomic E-state index is 15.0. The molecule has 54 heavy (non-hydrogen) atoms. The Labute approximate surface area is 316 Å². The second-order valence-corrected chi connectivity index (χ2v) is 19.2. The molecule has 4 heterocycles. The molecule has 1 spiro atoms. The number of fused-ring (bicyclic) bond motifs is 3. The molecule has 1 saturated heterocycles. The Hall–Kier alpha value is -4.69. The number of ether oxygens (including phenoxy) is 2. The molecule has 5 atom stereocenters. The predicted octanol–water partition coefficient (Wildman–Crippen LogP) is 5.59. The van der Waals surface area contributed by atoms with Gasteiger partial charge in [0.05, 0.1) is 42.8 Å². The summed E-state index contributed by atoms with van der Waals surface area (Å²) in [6.07, 6.45) is 4.23. The van der Waals surface area contributed by atoms with Gasteiger partial charge in [0.2, 0.25) is 5.91 Å². The van der Waals surface area contributed by atoms with Crippen molar-refractivity contribution in [2.45, 2.75) is 88.3 Å². The van der Waals surface area contributed by atoms with Crippen molar-refractivity contribution in [3.63, 3.8) is 0 Å². The summed E-state index contributed by atoms with van der Waals surface area (Å²) in [5, 5.41) is 19.0. The summed E-state index contributed by atoms with van der Waals surface area (Å²) >= 11 is 0. The van der Waals surface area contributed by atoms with E-state index in [1.54, 1.807) is 14.5 Å². The third-order valence-electron chi connectivity index (χ3n) is 11.5. The highest BCUT2D eigenvalue weighted by molar-refractivity contribution is 6.71. The van der Waals surface area contributed by atoms with Crippen LogP contribution in [0.15, 0.2) is 79.0 Å². The Balaban J connectivity index is 1.23. The van der Waals surface area contributed by atoms with E-state index in [1.807, 2.05) is 99.0 Å². The lowest BCUT2D eigenvalue weighted by molar-refractivity contribution is -0.146. The van der Waals surface area contributed by atoms with Gasteiger partial charge in [-0.3, -0.25) is 24.0 Å². The van der Waals surface area contributed by atoms with E-state index >= 15 is 0 Å². The van der Waals surface area contributed by atoms with Crippen molar-refractivity contribution < 1.29 is 33.8 Å². The average molecular weight is 752 g/mol. The van der Waals surface area contributed by atoms with Crippen molar-refractivity contribution in [2.24, 2.45) is 5.92 Å². The highest BCUT2D eigenvalue weighted by Gasteiger charge is 2.66. The Kier molecular flexibility index (Phi) is 10.6. The Morgan fingerprint density at radius 3 is 2.52 bits per heavy atom. The molecule has 7 rings (SSSR count). The summed E-state index contributed by atoms with van der Waals surface area (Å²) in [5.74, 6) is -1.23. The zero-order valence-corrected chi connectivity index (χ0v) is 32.4. The first kappa shape index (κ1) is 37.6. The number of hydrogen-bond donors (Lipinski definition) is 2. The quantitative estimate of drug-likeness (QED) is 0.101. The van der Waals surface area contributed by atoms with E-state index < -0.39 is 25.9 Å². The molecule has 0 aliphatic carbocycles. The van der Waals surface area contributed by atoms with Crippen LogP contribution in [0.4, 0.5) is 17.1 Å². The first-order chi connectivity index (χ1) is 26.0. The van der Waals surface area contributed by atoms with Gasteiger partial charge in [-0.1, -0.05) is 60.7 Å². The normalized spacial score (nSPS) is 22.8. The van der Waals surface area contributed by atoms with E-state index in [0.29, 0.717) is 67.8 Å². The van der Waals surface area contributed by atoms with Crippen molar-refractivity contribution in [1.29, 1.82) is 0 Å². The van der Waals surface area contributed by atoms with Gasteiger partial charge in [-0.05, 0) is 74.2 Å². The number of carbonyl (C=O) groups is 3. The highest BCUT2D eigenvalue weighted by atomic mass is 28.4. The number of nitrogens with zero attached hydrogens (tertiary/aromatic N) is 5. The monoisotopic (exact) mass is 751 g/mol. The van der Waals surface area contributed by atoms with Crippen molar-refractivity contribution in [1.82, 2.24) is 15.0 Å². The maximum Gasteiger partial charge on any atom is 0.305 e. The summed E-state index contributed by atoms with van der Waals surface area (Å²) in [7, 11) is -1.59. The van der Waals surface area contributed by atoms with E-state index in [2.05, 4.69) is 10.3 Å². The second-order valence-electron chi connectivity index (χ2n) is 15.3. The number of hydrogen-bond acceptors (Lipinski definition) is 9. The molecular weight excluding hydrogens is 703 g/mol. The van der Waals surface area contributed by atoms with Crippen LogP contribution < -0.4 is 9.80 Å². The van der Waals surface area contributed by atoms with Gasteiger partial charge in [0.15, 0.2) is 13.9 Å². The van der Waals surface area contributed by atoms with Crippen LogP contribution in [0.25, 0.3) is 0 Å². The molecule has 2 amide bonds. The van der Waals surface area contributed by atoms with E-state index in [1.165, 1.54) is 7.11 Å². The van der Waals surface area contributed by atoms with Gasteiger partial charge in [-0.15, -0.1) is 5.10 Å². The lowest BCUT2D eigenvalue weighted by Crippen LogP contribution is -2.46. The third kappa shape index (κ3) is 6.78. The lowest BCUT2D eigenvalue weighted by Gasteiger charge is -2.33. The fourth-order valence-corrected chi connectivity index (χ4v) is 11.5. The lowest BCUT2D eigenvalue weighted by atomic mass is 9.82. The van der Waals surface area contributed by atoms with Crippen LogP contribution in [-0.4, -0.2) is 77.4 Å². The standard InChI is InChI=1S/C41H49N5O7Si/c1-27-39(54(3,4)51)36(21-23-44-25-33(42-43-44)31(26-47)28-12-6-5-7-13-28)53-41(27)32-24-30(46-34-15-9-8-14-29(34)17-20-37(46)48)18-19-35(32)45(40(41)50)22-11-10-16-38(49)52-2/h5-9,12-15,18-19,24-25,27,31,36,39,47,51H,10-11,16-17,20-23,26H2,1-4H3/t27-,31?,36+,39-,41+/m0/s1. The molecular formula is C41H49N5O7Si. The fraction of sp³-hybridized carbons (Fsp3) is 0.439. The summed E-state index contributed by atoms with van der Waals surface area (Å²) in [6, 6.07) is 23.3. The number of aryl methyl sites for hydroxylation is 2. The van der Waals surface area contributed by atoms with E-state index in [4.69, 9.17) is 9.47 Å². The first-order valence-electron chi connectivity index (χ1n) is 18.9. The van der Waals surface area contributed by atoms with Crippen molar-refractivity contribution in [2.75, 3.05) is 30.1 Å². The molecule has 4 aromatic rings. The van der Waals surface area contributed by atoms with Gasteiger partial charge in [-0.2, -0.15) is 0 Å². The maximum absolute atomic E-state index is 15.0. The molecule has 0 saturated carbocycles. The Bertz CT molecular complexity index is 2020. The summed E-state index contributed by atoms with van der Waals surface area (Å²) in [4.78, 5) is 55.8. The van der Waals surface area contributed by atoms with Crippen LogP contribution in [0.5, 0.6) is 0 Å². The first-order valence-corrected chi connectivity index (χ1v) is 21.9. The van der Waals surface area contributed by atoms with Gasteiger partial charge in [0.1, 0.15) is 0 Å². The number of methoxy groups -OCH3 is 1.